The number of benzene rings is 2. The quantitative estimate of drug-likeness (QED) is 0.240. The second-order valence-electron chi connectivity index (χ2n) is 9.56. The lowest BCUT2D eigenvalue weighted by Crippen LogP contribution is -2.48. The normalized spacial score (nSPS) is 12.7. The van der Waals surface area contributed by atoms with E-state index < -0.39 is 6.09 Å². The molecule has 0 radical (unpaired) electrons. The average Bonchev–Trinajstić information content (AvgIpc) is 3.42. The number of ketones is 1. The van der Waals surface area contributed by atoms with Crippen LogP contribution in [-0.4, -0.2) is 36.3 Å². The number of nitrogens with one attached hydrogen (secondary N) is 2. The summed E-state index contributed by atoms with van der Waals surface area (Å²) in [5, 5.41) is 6.46. The van der Waals surface area contributed by atoms with Crippen LogP contribution in [0.2, 0.25) is 0 Å². The van der Waals surface area contributed by atoms with Crippen LogP contribution in [0.4, 0.5) is 4.79 Å². The number of aryl methyl sites for hydroxylation is 1. The van der Waals surface area contributed by atoms with Gasteiger partial charge in [0.2, 0.25) is 0 Å². The van der Waals surface area contributed by atoms with E-state index in [2.05, 4.69) is 36.6 Å². The number of carbonyl (C=O) groups excluding carboxylic acids is 2. The first kappa shape index (κ1) is 28.5. The number of Topliss-reactive ketones (excluding diaryl/α,β-unsaturated/α-hetero) is 1. The Morgan fingerprint density at radius 2 is 1.65 bits per heavy atom. The van der Waals surface area contributed by atoms with Crippen molar-refractivity contribution >= 4 is 23.6 Å². The fourth-order valence-electron chi connectivity index (χ4n) is 4.06. The third-order valence-electron chi connectivity index (χ3n) is 5.92. The van der Waals surface area contributed by atoms with E-state index in [0.717, 1.165) is 24.2 Å². The van der Waals surface area contributed by atoms with Crippen LogP contribution in [0, 0.1) is 5.92 Å². The van der Waals surface area contributed by atoms with Crippen molar-refractivity contribution in [3.63, 3.8) is 0 Å². The highest BCUT2D eigenvalue weighted by Crippen LogP contribution is 2.15. The maximum atomic E-state index is 13.2. The number of carbonyl (C=O) groups is 2. The van der Waals surface area contributed by atoms with Crippen LogP contribution in [0.15, 0.2) is 83.5 Å². The molecule has 1 heterocycles. The molecule has 1 amide bonds. The third-order valence-corrected chi connectivity index (χ3v) is 6.90. The lowest BCUT2D eigenvalue weighted by atomic mass is 10.0. The third kappa shape index (κ3) is 11.3. The Morgan fingerprint density at radius 3 is 2.30 bits per heavy atom. The van der Waals surface area contributed by atoms with Crippen LogP contribution >= 0.6 is 11.8 Å². The number of ether oxygens (including phenoxy) is 1. The van der Waals surface area contributed by atoms with Gasteiger partial charge in [0, 0.05) is 12.6 Å². The average molecular weight is 523 g/mol. The highest BCUT2D eigenvalue weighted by molar-refractivity contribution is 7.99. The van der Waals surface area contributed by atoms with Gasteiger partial charge < -0.3 is 19.8 Å². The minimum absolute atomic E-state index is 0.147. The molecule has 3 rings (SSSR count). The summed E-state index contributed by atoms with van der Waals surface area (Å²) in [6, 6.07) is 23.1. The van der Waals surface area contributed by atoms with E-state index in [4.69, 9.17) is 9.15 Å². The highest BCUT2D eigenvalue weighted by Gasteiger charge is 2.22. The van der Waals surface area contributed by atoms with E-state index in [-0.39, 0.29) is 24.5 Å². The summed E-state index contributed by atoms with van der Waals surface area (Å²) >= 11 is 1.56. The second kappa shape index (κ2) is 15.9. The monoisotopic (exact) mass is 522 g/mol. The van der Waals surface area contributed by atoms with Crippen molar-refractivity contribution in [3.8, 4) is 0 Å². The summed E-state index contributed by atoms with van der Waals surface area (Å²) in [6.07, 6.45) is 3.47. The first-order valence-corrected chi connectivity index (χ1v) is 14.0. The van der Waals surface area contributed by atoms with Crippen LogP contribution in [0.25, 0.3) is 0 Å². The van der Waals surface area contributed by atoms with Gasteiger partial charge in [-0.05, 0) is 48.4 Å². The molecule has 2 aromatic carbocycles. The molecule has 6 nitrogen and oxygen atoms in total. The molecule has 0 aliphatic heterocycles. The minimum Gasteiger partial charge on any atom is -0.468 e. The Balaban J connectivity index is 1.55. The Kier molecular flexibility index (Phi) is 12.3. The molecule has 37 heavy (non-hydrogen) atoms. The highest BCUT2D eigenvalue weighted by atomic mass is 32.2. The fraction of sp³-hybridized carbons (Fsp3) is 0.400. The van der Waals surface area contributed by atoms with Crippen molar-refractivity contribution < 1.29 is 18.7 Å². The Labute approximate surface area is 224 Å². The van der Waals surface area contributed by atoms with E-state index >= 15 is 0 Å². The molecule has 3 aromatic rings. The topological polar surface area (TPSA) is 80.6 Å². The van der Waals surface area contributed by atoms with Gasteiger partial charge in [0.1, 0.15) is 12.4 Å². The molecule has 198 valence electrons. The smallest absolute Gasteiger partial charge is 0.407 e. The molecule has 0 saturated heterocycles. The van der Waals surface area contributed by atoms with Crippen molar-refractivity contribution in [3.05, 3.63) is 95.9 Å². The molecule has 1 aromatic heterocycles. The summed E-state index contributed by atoms with van der Waals surface area (Å²) in [5.41, 5.74) is 2.14. The zero-order valence-electron chi connectivity index (χ0n) is 21.7. The summed E-state index contributed by atoms with van der Waals surface area (Å²) in [7, 11) is 0. The molecule has 0 aliphatic carbocycles. The van der Waals surface area contributed by atoms with Gasteiger partial charge in [-0.3, -0.25) is 4.79 Å². The molecule has 2 atom stereocenters. The van der Waals surface area contributed by atoms with Crippen LogP contribution in [0.1, 0.15) is 43.6 Å². The second-order valence-corrected chi connectivity index (χ2v) is 10.5. The van der Waals surface area contributed by atoms with E-state index in [1.807, 2.05) is 60.7 Å². The van der Waals surface area contributed by atoms with Gasteiger partial charge in [-0.25, -0.2) is 4.79 Å². The van der Waals surface area contributed by atoms with Crippen molar-refractivity contribution in [2.75, 3.05) is 12.3 Å². The summed E-state index contributed by atoms with van der Waals surface area (Å²) in [4.78, 5) is 25.7. The Morgan fingerprint density at radius 1 is 0.946 bits per heavy atom. The predicted octanol–water partition coefficient (Wildman–Crippen LogP) is 6.01. The number of amides is 1. The van der Waals surface area contributed by atoms with Gasteiger partial charge in [0.05, 0.1) is 23.8 Å². The molecule has 2 N–H and O–H groups in total. The van der Waals surface area contributed by atoms with Gasteiger partial charge in [-0.15, -0.1) is 11.8 Å². The predicted molar refractivity (Wildman–Crippen MR) is 149 cm³/mol. The van der Waals surface area contributed by atoms with Crippen LogP contribution in [0.3, 0.4) is 0 Å². The van der Waals surface area contributed by atoms with Crippen LogP contribution < -0.4 is 10.6 Å². The molecular weight excluding hydrogens is 484 g/mol. The first-order valence-electron chi connectivity index (χ1n) is 12.9. The van der Waals surface area contributed by atoms with E-state index in [1.165, 1.54) is 5.56 Å². The van der Waals surface area contributed by atoms with Crippen molar-refractivity contribution in [2.24, 2.45) is 5.92 Å². The molecule has 0 bridgehead atoms. The molecule has 7 heteroatoms. The number of alkyl carbamates (subject to hydrolysis) is 1. The standard InChI is InChI=1S/C30H38N2O4S/c1-23(2)18-26(32-30(34)36-20-25-12-7-4-8-13-25)19-31-28(16-15-24-10-5-3-6-11-24)29(33)22-37-21-27-14-9-17-35-27/h3-14,17,23,26,28,31H,15-16,18-22H2,1-2H3,(H,32,34). The lowest BCUT2D eigenvalue weighted by molar-refractivity contribution is -0.118. The van der Waals surface area contributed by atoms with Crippen molar-refractivity contribution in [1.82, 2.24) is 10.6 Å². The van der Waals surface area contributed by atoms with E-state index in [9.17, 15) is 9.59 Å². The fourth-order valence-corrected chi connectivity index (χ4v) is 4.93. The number of rotatable bonds is 16. The maximum absolute atomic E-state index is 13.2. The Bertz CT molecular complexity index is 1040. The number of furan rings is 1. The van der Waals surface area contributed by atoms with E-state index in [0.29, 0.717) is 30.4 Å². The van der Waals surface area contributed by atoms with Crippen LogP contribution in [0.5, 0.6) is 0 Å². The van der Waals surface area contributed by atoms with Crippen molar-refractivity contribution in [2.45, 2.75) is 57.6 Å². The minimum atomic E-state index is -0.447. The maximum Gasteiger partial charge on any atom is 0.407 e. The molecule has 0 saturated carbocycles. The van der Waals surface area contributed by atoms with Gasteiger partial charge in [-0.1, -0.05) is 74.5 Å². The van der Waals surface area contributed by atoms with Crippen LogP contribution in [-0.2, 0) is 28.3 Å². The van der Waals surface area contributed by atoms with Gasteiger partial charge >= 0.3 is 6.09 Å². The summed E-state index contributed by atoms with van der Waals surface area (Å²) < 4.78 is 10.8. The summed E-state index contributed by atoms with van der Waals surface area (Å²) in [5.74, 6) is 2.46. The van der Waals surface area contributed by atoms with Gasteiger partial charge in [0.15, 0.2) is 5.78 Å². The SMILES string of the molecule is CC(C)CC(CNC(CCc1ccccc1)C(=O)CSCc1ccco1)NC(=O)OCc1ccccc1. The molecule has 0 fully saturated rings. The molecular formula is C30H38N2O4S. The van der Waals surface area contributed by atoms with E-state index in [1.54, 1.807) is 18.0 Å². The van der Waals surface area contributed by atoms with Gasteiger partial charge in [0.25, 0.3) is 0 Å². The summed E-state index contributed by atoms with van der Waals surface area (Å²) in [6.45, 7) is 4.95. The lowest BCUT2D eigenvalue weighted by Gasteiger charge is -2.24. The zero-order chi connectivity index (χ0) is 26.3. The number of hydrogen-bond acceptors (Lipinski definition) is 6. The molecule has 0 aliphatic rings. The first-order chi connectivity index (χ1) is 18.0. The number of thioether (sulfide) groups is 1. The zero-order valence-corrected chi connectivity index (χ0v) is 22.5. The molecule has 0 spiro atoms. The van der Waals surface area contributed by atoms with Gasteiger partial charge in [-0.2, -0.15) is 0 Å². The number of hydrogen-bond donors (Lipinski definition) is 2. The largest absolute Gasteiger partial charge is 0.468 e. The molecule has 2 unspecified atom stereocenters. The van der Waals surface area contributed by atoms with Crippen molar-refractivity contribution in [1.29, 1.82) is 0 Å². The Hall–Kier alpha value is -3.03.